The quantitative estimate of drug-likeness (QED) is 0.848. The molecule has 102 valence electrons. The molecule has 0 saturated heterocycles. The van der Waals surface area contributed by atoms with Gasteiger partial charge in [0.15, 0.2) is 0 Å². The summed E-state index contributed by atoms with van der Waals surface area (Å²) in [5.74, 6) is -0.663. The van der Waals surface area contributed by atoms with Gasteiger partial charge in [-0.05, 0) is 17.7 Å². The summed E-state index contributed by atoms with van der Waals surface area (Å²) in [5, 5.41) is 9.67. The summed E-state index contributed by atoms with van der Waals surface area (Å²) in [5.41, 5.74) is 0.248. The van der Waals surface area contributed by atoms with E-state index in [1.165, 1.54) is 26.2 Å². The van der Waals surface area contributed by atoms with Crippen LogP contribution in [-0.2, 0) is 10.2 Å². The van der Waals surface area contributed by atoms with Crippen molar-refractivity contribution >= 4 is 21.8 Å². The lowest BCUT2D eigenvalue weighted by Gasteiger charge is -2.16. The van der Waals surface area contributed by atoms with E-state index in [0.29, 0.717) is 0 Å². The Balaban J connectivity index is 2.72. The third-order valence-corrected chi connectivity index (χ3v) is 4.07. The SMILES string of the molecule is CN(C)S(=O)(=O)NC[C@H](O)c1ccc(Cl)c(F)c1. The van der Waals surface area contributed by atoms with E-state index < -0.39 is 22.1 Å². The van der Waals surface area contributed by atoms with Gasteiger partial charge in [-0.1, -0.05) is 17.7 Å². The standard InChI is InChI=1S/C10H14ClFN2O3S/c1-14(2)18(16,17)13-6-10(15)7-3-4-8(11)9(12)5-7/h3-5,10,13,15H,6H2,1-2H3/t10-/m0/s1. The summed E-state index contributed by atoms with van der Waals surface area (Å²) in [4.78, 5) is 0. The van der Waals surface area contributed by atoms with Gasteiger partial charge in [-0.2, -0.15) is 17.4 Å². The minimum atomic E-state index is -3.62. The second-order valence-corrected chi connectivity index (χ2v) is 6.20. The van der Waals surface area contributed by atoms with Gasteiger partial charge in [0.05, 0.1) is 11.1 Å². The molecule has 1 rings (SSSR count). The summed E-state index contributed by atoms with van der Waals surface area (Å²) in [7, 11) is -0.900. The normalized spacial score (nSPS) is 13.9. The molecule has 0 unspecified atom stereocenters. The molecule has 0 aliphatic rings. The molecule has 0 aromatic heterocycles. The summed E-state index contributed by atoms with van der Waals surface area (Å²) in [6.07, 6.45) is -1.15. The molecule has 8 heteroatoms. The first-order valence-electron chi connectivity index (χ1n) is 5.04. The molecular weight excluding hydrogens is 283 g/mol. The zero-order valence-corrected chi connectivity index (χ0v) is 11.5. The highest BCUT2D eigenvalue weighted by molar-refractivity contribution is 7.87. The Morgan fingerprint density at radius 2 is 2.11 bits per heavy atom. The molecule has 18 heavy (non-hydrogen) atoms. The van der Waals surface area contributed by atoms with Crippen molar-refractivity contribution in [2.75, 3.05) is 20.6 Å². The predicted molar refractivity (Wildman–Crippen MR) is 67.0 cm³/mol. The van der Waals surface area contributed by atoms with E-state index in [1.807, 2.05) is 0 Å². The topological polar surface area (TPSA) is 69.6 Å². The number of rotatable bonds is 5. The van der Waals surface area contributed by atoms with Crippen LogP contribution < -0.4 is 4.72 Å². The Kier molecular flexibility index (Phi) is 5.06. The maximum atomic E-state index is 13.2. The van der Waals surface area contributed by atoms with Gasteiger partial charge in [0.25, 0.3) is 10.2 Å². The molecule has 0 aliphatic heterocycles. The zero-order valence-electron chi connectivity index (χ0n) is 9.89. The largest absolute Gasteiger partial charge is 0.387 e. The molecule has 2 N–H and O–H groups in total. The fourth-order valence-electron chi connectivity index (χ4n) is 1.15. The van der Waals surface area contributed by atoms with Crippen molar-refractivity contribution in [2.45, 2.75) is 6.10 Å². The van der Waals surface area contributed by atoms with E-state index in [4.69, 9.17) is 11.6 Å². The van der Waals surface area contributed by atoms with Crippen molar-refractivity contribution in [2.24, 2.45) is 0 Å². The maximum absolute atomic E-state index is 13.2. The van der Waals surface area contributed by atoms with Gasteiger partial charge in [0.1, 0.15) is 5.82 Å². The molecule has 1 aromatic rings. The van der Waals surface area contributed by atoms with Gasteiger partial charge in [-0.3, -0.25) is 0 Å². The van der Waals surface area contributed by atoms with Crippen LogP contribution in [0, 0.1) is 5.82 Å². The van der Waals surface area contributed by atoms with Crippen molar-refractivity contribution in [3.63, 3.8) is 0 Å². The van der Waals surface area contributed by atoms with Gasteiger partial charge in [0, 0.05) is 20.6 Å². The minimum absolute atomic E-state index is 0.0557. The highest BCUT2D eigenvalue weighted by atomic mass is 35.5. The summed E-state index contributed by atoms with van der Waals surface area (Å²) in [6.45, 7) is -0.248. The first-order valence-corrected chi connectivity index (χ1v) is 6.86. The highest BCUT2D eigenvalue weighted by Crippen LogP contribution is 2.20. The number of nitrogens with one attached hydrogen (secondary N) is 1. The van der Waals surface area contributed by atoms with Gasteiger partial charge in [0.2, 0.25) is 0 Å². The van der Waals surface area contributed by atoms with Gasteiger partial charge >= 0.3 is 0 Å². The van der Waals surface area contributed by atoms with Crippen molar-refractivity contribution < 1.29 is 17.9 Å². The second-order valence-electron chi connectivity index (χ2n) is 3.83. The Labute approximate surface area is 110 Å². The van der Waals surface area contributed by atoms with Crippen LogP contribution in [0.15, 0.2) is 18.2 Å². The van der Waals surface area contributed by atoms with Crippen molar-refractivity contribution in [3.8, 4) is 0 Å². The van der Waals surface area contributed by atoms with Crippen molar-refractivity contribution in [1.82, 2.24) is 9.03 Å². The number of aliphatic hydroxyl groups excluding tert-OH is 1. The van der Waals surface area contributed by atoms with E-state index in [0.717, 1.165) is 10.4 Å². The lowest BCUT2D eigenvalue weighted by molar-refractivity contribution is 0.181. The molecule has 0 heterocycles. The van der Waals surface area contributed by atoms with E-state index in [-0.39, 0.29) is 17.1 Å². The Morgan fingerprint density at radius 3 is 2.61 bits per heavy atom. The van der Waals surface area contributed by atoms with Crippen LogP contribution in [0.1, 0.15) is 11.7 Å². The molecule has 0 fully saturated rings. The average molecular weight is 297 g/mol. The van der Waals surface area contributed by atoms with Gasteiger partial charge in [-0.25, -0.2) is 4.39 Å². The average Bonchev–Trinajstić information content (AvgIpc) is 2.29. The van der Waals surface area contributed by atoms with Crippen molar-refractivity contribution in [1.29, 1.82) is 0 Å². The summed E-state index contributed by atoms with van der Waals surface area (Å²) in [6, 6.07) is 3.80. The summed E-state index contributed by atoms with van der Waals surface area (Å²) >= 11 is 5.50. The number of hydrogen-bond acceptors (Lipinski definition) is 3. The third kappa shape index (κ3) is 3.89. The lowest BCUT2D eigenvalue weighted by atomic mass is 10.1. The third-order valence-electron chi connectivity index (χ3n) is 2.27. The molecular formula is C10H14ClFN2O3S. The minimum Gasteiger partial charge on any atom is -0.387 e. The van der Waals surface area contributed by atoms with Crippen LogP contribution in [0.4, 0.5) is 4.39 Å². The molecule has 0 bridgehead atoms. The smallest absolute Gasteiger partial charge is 0.279 e. The predicted octanol–water partition coefficient (Wildman–Crippen LogP) is 0.909. The van der Waals surface area contributed by atoms with Crippen LogP contribution in [0.3, 0.4) is 0 Å². The fourth-order valence-corrected chi connectivity index (χ4v) is 1.90. The summed E-state index contributed by atoms with van der Waals surface area (Å²) < 4.78 is 39.1. The van der Waals surface area contributed by atoms with Crippen molar-refractivity contribution in [3.05, 3.63) is 34.6 Å². The van der Waals surface area contributed by atoms with Crippen LogP contribution in [-0.4, -0.2) is 38.5 Å². The Morgan fingerprint density at radius 1 is 1.50 bits per heavy atom. The Bertz CT molecular complexity index is 522. The molecule has 0 radical (unpaired) electrons. The first kappa shape index (κ1) is 15.3. The molecule has 1 aromatic carbocycles. The van der Waals surface area contributed by atoms with E-state index >= 15 is 0 Å². The molecule has 5 nitrogen and oxygen atoms in total. The fraction of sp³-hybridized carbons (Fsp3) is 0.400. The molecule has 0 aliphatic carbocycles. The number of aliphatic hydroxyl groups is 1. The number of benzene rings is 1. The van der Waals surface area contributed by atoms with E-state index in [9.17, 15) is 17.9 Å². The molecule has 0 saturated carbocycles. The van der Waals surface area contributed by atoms with Gasteiger partial charge in [-0.15, -0.1) is 0 Å². The van der Waals surface area contributed by atoms with Crippen LogP contribution in [0.5, 0.6) is 0 Å². The number of halogens is 2. The second kappa shape index (κ2) is 5.94. The van der Waals surface area contributed by atoms with Gasteiger partial charge < -0.3 is 5.11 Å². The molecule has 0 amide bonds. The zero-order chi connectivity index (χ0) is 13.9. The lowest BCUT2D eigenvalue weighted by Crippen LogP contribution is -2.37. The Hall–Kier alpha value is -0.730. The van der Waals surface area contributed by atoms with E-state index in [1.54, 1.807) is 0 Å². The maximum Gasteiger partial charge on any atom is 0.279 e. The first-order chi connectivity index (χ1) is 8.24. The van der Waals surface area contributed by atoms with Crippen LogP contribution >= 0.6 is 11.6 Å². The van der Waals surface area contributed by atoms with E-state index in [2.05, 4.69) is 4.72 Å². The number of nitrogens with zero attached hydrogens (tertiary/aromatic N) is 1. The monoisotopic (exact) mass is 296 g/mol. The highest BCUT2D eigenvalue weighted by Gasteiger charge is 2.16. The van der Waals surface area contributed by atoms with Crippen LogP contribution in [0.2, 0.25) is 5.02 Å². The molecule has 1 atom stereocenters. The number of hydrogen-bond donors (Lipinski definition) is 2. The molecule has 0 spiro atoms. The van der Waals surface area contributed by atoms with Crippen LogP contribution in [0.25, 0.3) is 0 Å².